The van der Waals surface area contributed by atoms with E-state index in [-0.39, 0.29) is 11.4 Å². The maximum absolute atomic E-state index is 13.4. The number of hydrogen-bond acceptors (Lipinski definition) is 3. The monoisotopic (exact) mass is 359 g/mol. The molecule has 1 heterocycles. The van der Waals surface area contributed by atoms with E-state index in [0.29, 0.717) is 16.6 Å². The molecule has 0 aliphatic carbocycles. The van der Waals surface area contributed by atoms with Crippen LogP contribution in [-0.4, -0.2) is 15.7 Å². The standard InChI is InChI=1S/C21H14FN3O2/c22-14-7-6-8-15(13-14)23-21(27)19-20(26)17-11-4-5-12-18(17)25(24-19)16-9-2-1-3-10-16/h1-13H,(H,23,27). The number of nitrogens with one attached hydrogen (secondary N) is 1. The fraction of sp³-hybridized carbons (Fsp3) is 0. The molecule has 0 radical (unpaired) electrons. The molecular formula is C21H14FN3O2. The van der Waals surface area contributed by atoms with Crippen molar-refractivity contribution in [2.75, 3.05) is 5.32 Å². The minimum absolute atomic E-state index is 0.251. The third-order valence-corrected chi connectivity index (χ3v) is 4.09. The van der Waals surface area contributed by atoms with Gasteiger partial charge in [-0.05, 0) is 42.5 Å². The smallest absolute Gasteiger partial charge is 0.280 e. The van der Waals surface area contributed by atoms with Crippen LogP contribution in [-0.2, 0) is 0 Å². The quantitative estimate of drug-likeness (QED) is 0.605. The summed E-state index contributed by atoms with van der Waals surface area (Å²) < 4.78 is 14.9. The number of fused-ring (bicyclic) bond motifs is 1. The summed E-state index contributed by atoms with van der Waals surface area (Å²) in [6, 6.07) is 21.6. The van der Waals surface area contributed by atoms with Crippen LogP contribution >= 0.6 is 0 Å². The number of benzene rings is 3. The Balaban J connectivity index is 1.87. The van der Waals surface area contributed by atoms with Gasteiger partial charge in [0.25, 0.3) is 5.91 Å². The number of aromatic nitrogens is 2. The third-order valence-electron chi connectivity index (χ3n) is 4.09. The minimum Gasteiger partial charge on any atom is -0.320 e. The van der Waals surface area contributed by atoms with E-state index >= 15 is 0 Å². The highest BCUT2D eigenvalue weighted by Crippen LogP contribution is 2.16. The van der Waals surface area contributed by atoms with Gasteiger partial charge in [0.05, 0.1) is 16.6 Å². The molecule has 0 atom stereocenters. The molecule has 0 fully saturated rings. The molecule has 4 aromatic rings. The van der Waals surface area contributed by atoms with E-state index in [1.807, 2.05) is 30.3 Å². The fourth-order valence-electron chi connectivity index (χ4n) is 2.85. The van der Waals surface area contributed by atoms with Crippen LogP contribution < -0.4 is 10.7 Å². The Morgan fingerprint density at radius 3 is 2.44 bits per heavy atom. The summed E-state index contributed by atoms with van der Waals surface area (Å²) in [5, 5.41) is 7.19. The van der Waals surface area contributed by atoms with Crippen LogP contribution in [0.4, 0.5) is 10.1 Å². The summed E-state index contributed by atoms with van der Waals surface area (Å²) in [4.78, 5) is 25.5. The van der Waals surface area contributed by atoms with Gasteiger partial charge in [-0.2, -0.15) is 5.10 Å². The van der Waals surface area contributed by atoms with Gasteiger partial charge in [0.15, 0.2) is 5.69 Å². The Hall–Kier alpha value is -3.80. The molecule has 0 saturated heterocycles. The molecule has 0 saturated carbocycles. The van der Waals surface area contributed by atoms with Gasteiger partial charge in [0, 0.05) is 5.69 Å². The Morgan fingerprint density at radius 1 is 0.926 bits per heavy atom. The number of hydrogen-bond donors (Lipinski definition) is 1. The SMILES string of the molecule is O=C(Nc1cccc(F)c1)c1nn(-c2ccccc2)c2ccccc2c1=O. The topological polar surface area (TPSA) is 64.0 Å². The second-order valence-electron chi connectivity index (χ2n) is 5.91. The van der Waals surface area contributed by atoms with Crippen molar-refractivity contribution >= 4 is 22.5 Å². The average Bonchev–Trinajstić information content (AvgIpc) is 2.69. The molecule has 0 aliphatic heterocycles. The van der Waals surface area contributed by atoms with E-state index in [1.54, 1.807) is 28.9 Å². The van der Waals surface area contributed by atoms with Crippen LogP contribution in [0, 0.1) is 5.82 Å². The van der Waals surface area contributed by atoms with E-state index < -0.39 is 17.2 Å². The number of carbonyl (C=O) groups excluding carboxylic acids is 1. The third kappa shape index (κ3) is 3.20. The number of halogens is 1. The van der Waals surface area contributed by atoms with Crippen LogP contribution in [0.5, 0.6) is 0 Å². The van der Waals surface area contributed by atoms with Crippen molar-refractivity contribution in [2.24, 2.45) is 0 Å². The highest BCUT2D eigenvalue weighted by atomic mass is 19.1. The highest BCUT2D eigenvalue weighted by molar-refractivity contribution is 6.04. The number of nitrogens with zero attached hydrogens (tertiary/aromatic N) is 2. The first-order valence-electron chi connectivity index (χ1n) is 8.28. The van der Waals surface area contributed by atoms with Crippen LogP contribution in [0.15, 0.2) is 83.7 Å². The predicted molar refractivity (Wildman–Crippen MR) is 102 cm³/mol. The van der Waals surface area contributed by atoms with Crippen molar-refractivity contribution < 1.29 is 9.18 Å². The van der Waals surface area contributed by atoms with E-state index in [0.717, 1.165) is 0 Å². The Labute approximate surface area is 153 Å². The van der Waals surface area contributed by atoms with Gasteiger partial charge < -0.3 is 5.32 Å². The summed E-state index contributed by atoms with van der Waals surface area (Å²) in [6.07, 6.45) is 0. The van der Waals surface area contributed by atoms with Crippen LogP contribution in [0.3, 0.4) is 0 Å². The largest absolute Gasteiger partial charge is 0.320 e. The van der Waals surface area contributed by atoms with Crippen molar-refractivity contribution in [3.63, 3.8) is 0 Å². The van der Waals surface area contributed by atoms with E-state index in [9.17, 15) is 14.0 Å². The minimum atomic E-state index is -0.693. The summed E-state index contributed by atoms with van der Waals surface area (Å²) >= 11 is 0. The van der Waals surface area contributed by atoms with Gasteiger partial charge in [0.2, 0.25) is 5.43 Å². The maximum Gasteiger partial charge on any atom is 0.280 e. The van der Waals surface area contributed by atoms with E-state index in [2.05, 4.69) is 10.4 Å². The molecule has 6 heteroatoms. The van der Waals surface area contributed by atoms with Gasteiger partial charge in [-0.3, -0.25) is 9.59 Å². The summed E-state index contributed by atoms with van der Waals surface area (Å²) in [5.74, 6) is -1.18. The van der Waals surface area contributed by atoms with Crippen molar-refractivity contribution in [1.29, 1.82) is 0 Å². The Kier molecular flexibility index (Phi) is 4.22. The lowest BCUT2D eigenvalue weighted by Crippen LogP contribution is -2.26. The van der Waals surface area contributed by atoms with Crippen LogP contribution in [0.1, 0.15) is 10.5 Å². The zero-order valence-electron chi connectivity index (χ0n) is 14.1. The molecule has 0 bridgehead atoms. The summed E-state index contributed by atoms with van der Waals surface area (Å²) in [7, 11) is 0. The van der Waals surface area contributed by atoms with Crippen molar-refractivity contribution in [3.8, 4) is 5.69 Å². The van der Waals surface area contributed by atoms with Gasteiger partial charge >= 0.3 is 0 Å². The molecule has 5 nitrogen and oxygen atoms in total. The lowest BCUT2D eigenvalue weighted by atomic mass is 10.2. The van der Waals surface area contributed by atoms with Gasteiger partial charge in [0.1, 0.15) is 5.82 Å². The molecule has 0 aliphatic rings. The molecule has 132 valence electrons. The zero-order valence-corrected chi connectivity index (χ0v) is 14.1. The molecule has 1 N–H and O–H groups in total. The molecule has 1 amide bonds. The van der Waals surface area contributed by atoms with E-state index in [1.165, 1.54) is 24.3 Å². The molecule has 4 rings (SSSR count). The second-order valence-corrected chi connectivity index (χ2v) is 5.91. The first-order chi connectivity index (χ1) is 13.1. The number of carbonyl (C=O) groups is 1. The Bertz CT molecular complexity index is 1200. The van der Waals surface area contributed by atoms with Gasteiger partial charge in [-0.1, -0.05) is 36.4 Å². The average molecular weight is 359 g/mol. The number of anilines is 1. The lowest BCUT2D eigenvalue weighted by Gasteiger charge is -2.12. The molecule has 0 spiro atoms. The molecule has 27 heavy (non-hydrogen) atoms. The van der Waals surface area contributed by atoms with E-state index in [4.69, 9.17) is 0 Å². The second kappa shape index (κ2) is 6.84. The number of para-hydroxylation sites is 2. The summed E-state index contributed by atoms with van der Waals surface area (Å²) in [6.45, 7) is 0. The first-order valence-corrected chi connectivity index (χ1v) is 8.28. The number of amides is 1. The van der Waals surface area contributed by atoms with Gasteiger partial charge in [-0.15, -0.1) is 0 Å². The van der Waals surface area contributed by atoms with Gasteiger partial charge in [-0.25, -0.2) is 9.07 Å². The van der Waals surface area contributed by atoms with Crippen molar-refractivity contribution in [1.82, 2.24) is 9.78 Å². The van der Waals surface area contributed by atoms with Crippen LogP contribution in [0.2, 0.25) is 0 Å². The predicted octanol–water partition coefficient (Wildman–Crippen LogP) is 3.78. The Morgan fingerprint density at radius 2 is 1.67 bits per heavy atom. The molecule has 0 unspecified atom stereocenters. The fourth-order valence-corrected chi connectivity index (χ4v) is 2.85. The lowest BCUT2D eigenvalue weighted by molar-refractivity contribution is 0.102. The molecule has 3 aromatic carbocycles. The number of rotatable bonds is 3. The van der Waals surface area contributed by atoms with Crippen molar-refractivity contribution in [3.05, 3.63) is 101 Å². The maximum atomic E-state index is 13.4. The van der Waals surface area contributed by atoms with Crippen LogP contribution in [0.25, 0.3) is 16.6 Å². The first kappa shape index (κ1) is 16.7. The zero-order chi connectivity index (χ0) is 18.8. The normalized spacial score (nSPS) is 10.7. The summed E-state index contributed by atoms with van der Waals surface area (Å²) in [5.41, 5.74) is 0.818. The molecular weight excluding hydrogens is 345 g/mol. The molecule has 1 aromatic heterocycles. The highest BCUT2D eigenvalue weighted by Gasteiger charge is 2.18. The van der Waals surface area contributed by atoms with Crippen molar-refractivity contribution in [2.45, 2.75) is 0 Å².